The van der Waals surface area contributed by atoms with Crippen LogP contribution in [0.15, 0.2) is 40.5 Å². The van der Waals surface area contributed by atoms with Crippen molar-refractivity contribution in [1.29, 1.82) is 0 Å². The van der Waals surface area contributed by atoms with Crippen molar-refractivity contribution in [2.24, 2.45) is 10.7 Å². The highest BCUT2D eigenvalue weighted by Gasteiger charge is 2.35. The first kappa shape index (κ1) is 16.5. The van der Waals surface area contributed by atoms with E-state index in [9.17, 15) is 18.0 Å². The lowest BCUT2D eigenvalue weighted by Gasteiger charge is -2.08. The Labute approximate surface area is 118 Å². The summed E-state index contributed by atoms with van der Waals surface area (Å²) in [6.45, 7) is 0.0198. The molecule has 0 heterocycles. The largest absolute Gasteiger partial charge is 0.497 e. The molecule has 0 saturated heterocycles. The number of methoxy groups -OCH3 is 1. The highest BCUT2D eigenvalue weighted by molar-refractivity contribution is 6.09. The number of allylic oxidation sites excluding steroid dienone is 1. The molecule has 0 atom stereocenters. The molecule has 0 saturated carbocycles. The molecule has 3 N–H and O–H groups in total. The average Bonchev–Trinajstić information content (AvgIpc) is 2.42. The van der Waals surface area contributed by atoms with Gasteiger partial charge in [-0.3, -0.25) is 4.99 Å². The van der Waals surface area contributed by atoms with Gasteiger partial charge in [0.05, 0.1) is 13.7 Å². The van der Waals surface area contributed by atoms with Crippen LogP contribution in [0.25, 0.3) is 0 Å². The number of aliphatic imine (C=N–C) groups is 1. The lowest BCUT2D eigenvalue weighted by molar-refractivity contribution is -0.133. The van der Waals surface area contributed by atoms with Gasteiger partial charge < -0.3 is 15.6 Å². The molecule has 1 aromatic rings. The van der Waals surface area contributed by atoms with Gasteiger partial charge in [-0.1, -0.05) is 12.1 Å². The molecule has 8 heteroatoms. The number of carboxylic acids is 1. The second kappa shape index (κ2) is 6.78. The summed E-state index contributed by atoms with van der Waals surface area (Å²) in [6.07, 6.45) is -4.31. The van der Waals surface area contributed by atoms with Crippen molar-refractivity contribution >= 4 is 12.2 Å². The maximum absolute atomic E-state index is 12.4. The van der Waals surface area contributed by atoms with E-state index in [-0.39, 0.29) is 6.54 Å². The lowest BCUT2D eigenvalue weighted by Crippen LogP contribution is -2.25. The Bertz CT molecular complexity index is 563. The van der Waals surface area contributed by atoms with E-state index in [2.05, 4.69) is 4.99 Å². The van der Waals surface area contributed by atoms with Gasteiger partial charge in [-0.2, -0.15) is 13.2 Å². The molecule has 0 spiro atoms. The number of benzene rings is 1. The molecule has 1 aromatic carbocycles. The first-order valence-electron chi connectivity index (χ1n) is 5.68. The van der Waals surface area contributed by atoms with Crippen LogP contribution in [0.5, 0.6) is 5.75 Å². The number of hydrogen-bond donors (Lipinski definition) is 2. The predicted octanol–water partition coefficient (Wildman–Crippen LogP) is 2.13. The van der Waals surface area contributed by atoms with Gasteiger partial charge in [0, 0.05) is 6.21 Å². The van der Waals surface area contributed by atoms with Crippen LogP contribution in [0.3, 0.4) is 0 Å². The fourth-order valence-electron chi connectivity index (χ4n) is 1.37. The van der Waals surface area contributed by atoms with Gasteiger partial charge in [0.15, 0.2) is 0 Å². The number of alkyl halides is 3. The van der Waals surface area contributed by atoms with Crippen LogP contribution >= 0.6 is 0 Å². The monoisotopic (exact) mass is 302 g/mol. The molecule has 0 aliphatic rings. The second-order valence-corrected chi connectivity index (χ2v) is 3.95. The summed E-state index contributed by atoms with van der Waals surface area (Å²) in [7, 11) is 1.50. The minimum Gasteiger partial charge on any atom is -0.497 e. The molecule has 0 bridgehead atoms. The van der Waals surface area contributed by atoms with Gasteiger partial charge in [-0.15, -0.1) is 0 Å². The van der Waals surface area contributed by atoms with E-state index in [1.807, 2.05) is 0 Å². The summed E-state index contributed by atoms with van der Waals surface area (Å²) in [5.74, 6) is -1.17. The van der Waals surface area contributed by atoms with E-state index < -0.39 is 23.4 Å². The van der Waals surface area contributed by atoms with Crippen molar-refractivity contribution < 1.29 is 27.8 Å². The molecule has 0 aromatic heterocycles. The van der Waals surface area contributed by atoms with Crippen LogP contribution in [0.2, 0.25) is 0 Å². The number of nitrogens with zero attached hydrogens (tertiary/aromatic N) is 1. The normalized spacial score (nSPS) is 13.1. The third-order valence-corrected chi connectivity index (χ3v) is 2.48. The number of carboxylic acid groups (broad SMARTS) is 1. The zero-order valence-corrected chi connectivity index (χ0v) is 11.0. The number of halogens is 3. The summed E-state index contributed by atoms with van der Waals surface area (Å²) in [5, 5.41) is 8.73. The minimum atomic E-state index is -4.92. The summed E-state index contributed by atoms with van der Waals surface area (Å²) in [6, 6.07) is 6.63. The van der Waals surface area contributed by atoms with E-state index in [0.29, 0.717) is 17.5 Å². The van der Waals surface area contributed by atoms with E-state index in [4.69, 9.17) is 15.6 Å². The number of ether oxygens (including phenoxy) is 1. The Morgan fingerprint density at radius 3 is 2.38 bits per heavy atom. The summed E-state index contributed by atoms with van der Waals surface area (Å²) in [5.41, 5.74) is 2.69. The first-order chi connectivity index (χ1) is 9.75. The van der Waals surface area contributed by atoms with Gasteiger partial charge in [0.1, 0.15) is 17.0 Å². The third-order valence-electron chi connectivity index (χ3n) is 2.48. The van der Waals surface area contributed by atoms with Gasteiger partial charge in [0.25, 0.3) is 0 Å². The Balaban J connectivity index is 2.87. The molecule has 0 unspecified atom stereocenters. The van der Waals surface area contributed by atoms with Crippen molar-refractivity contribution in [2.45, 2.75) is 12.7 Å². The highest BCUT2D eigenvalue weighted by Crippen LogP contribution is 2.23. The molecule has 5 nitrogen and oxygen atoms in total. The first-order valence-corrected chi connectivity index (χ1v) is 5.68. The zero-order valence-electron chi connectivity index (χ0n) is 11.0. The molecule has 114 valence electrons. The Hall–Kier alpha value is -2.51. The van der Waals surface area contributed by atoms with Crippen LogP contribution in [-0.4, -0.2) is 30.6 Å². The molecule has 0 aliphatic heterocycles. The molecule has 0 fully saturated rings. The predicted molar refractivity (Wildman–Crippen MR) is 70.1 cm³/mol. The maximum Gasteiger partial charge on any atom is 0.431 e. The van der Waals surface area contributed by atoms with E-state index in [1.54, 1.807) is 24.3 Å². The lowest BCUT2D eigenvalue weighted by atomic mass is 10.2. The molecular formula is C13H13F3N2O3. The summed E-state index contributed by atoms with van der Waals surface area (Å²) >= 11 is 0. The topological polar surface area (TPSA) is 84.9 Å². The Morgan fingerprint density at radius 1 is 1.38 bits per heavy atom. The fraction of sp³-hybridized carbons (Fsp3) is 0.231. The minimum absolute atomic E-state index is 0.0198. The SMILES string of the molecule is COc1ccc(CN=CC(C(=O)O)=C(N)C(F)(F)F)cc1. The van der Waals surface area contributed by atoms with Crippen molar-refractivity contribution in [3.05, 3.63) is 41.1 Å². The van der Waals surface area contributed by atoms with E-state index in [1.165, 1.54) is 7.11 Å². The summed E-state index contributed by atoms with van der Waals surface area (Å²) < 4.78 is 42.1. The van der Waals surface area contributed by atoms with Crippen molar-refractivity contribution in [3.63, 3.8) is 0 Å². The molecule has 0 amide bonds. The third kappa shape index (κ3) is 4.83. The molecule has 0 radical (unpaired) electrons. The number of hydrogen-bond acceptors (Lipinski definition) is 4. The van der Waals surface area contributed by atoms with Gasteiger partial charge in [-0.05, 0) is 17.7 Å². The zero-order chi connectivity index (χ0) is 16.0. The summed E-state index contributed by atoms with van der Waals surface area (Å²) in [4.78, 5) is 14.4. The molecule has 1 rings (SSSR count). The smallest absolute Gasteiger partial charge is 0.431 e. The highest BCUT2D eigenvalue weighted by atomic mass is 19.4. The quantitative estimate of drug-likeness (QED) is 0.644. The number of aliphatic carboxylic acids is 1. The van der Waals surface area contributed by atoms with Gasteiger partial charge >= 0.3 is 12.1 Å². The van der Waals surface area contributed by atoms with Crippen molar-refractivity contribution in [2.75, 3.05) is 7.11 Å². The molecule has 0 aliphatic carbocycles. The standard InChI is InChI=1S/C13H13F3N2O3/c1-21-9-4-2-8(3-5-9)6-18-7-10(12(19)20)11(17)13(14,15)16/h2-5,7H,6,17H2,1H3,(H,19,20). The number of carbonyl (C=O) groups is 1. The van der Waals surface area contributed by atoms with Crippen LogP contribution in [0, 0.1) is 0 Å². The molecule has 21 heavy (non-hydrogen) atoms. The van der Waals surface area contributed by atoms with Gasteiger partial charge in [-0.25, -0.2) is 4.79 Å². The van der Waals surface area contributed by atoms with Gasteiger partial charge in [0.2, 0.25) is 0 Å². The number of rotatable bonds is 5. The number of nitrogens with two attached hydrogens (primary N) is 1. The van der Waals surface area contributed by atoms with Crippen LogP contribution < -0.4 is 10.5 Å². The maximum atomic E-state index is 12.4. The fourth-order valence-corrected chi connectivity index (χ4v) is 1.37. The van der Waals surface area contributed by atoms with Crippen LogP contribution in [0.4, 0.5) is 13.2 Å². The Morgan fingerprint density at radius 2 is 1.95 bits per heavy atom. The Kier molecular flexibility index (Phi) is 5.34. The average molecular weight is 302 g/mol. The second-order valence-electron chi connectivity index (χ2n) is 3.95. The van der Waals surface area contributed by atoms with Crippen molar-refractivity contribution in [1.82, 2.24) is 0 Å². The van der Waals surface area contributed by atoms with E-state index in [0.717, 1.165) is 0 Å². The van der Waals surface area contributed by atoms with Crippen LogP contribution in [-0.2, 0) is 11.3 Å². The van der Waals surface area contributed by atoms with Crippen molar-refractivity contribution in [3.8, 4) is 5.75 Å². The van der Waals surface area contributed by atoms with Crippen LogP contribution in [0.1, 0.15) is 5.56 Å². The van der Waals surface area contributed by atoms with E-state index >= 15 is 0 Å². The molecular weight excluding hydrogens is 289 g/mol.